The number of hydrogen-bond donors (Lipinski definition) is 1. The number of ether oxygens (including phenoxy) is 1. The lowest BCUT2D eigenvalue weighted by Crippen LogP contribution is -2.40. The molecule has 4 heteroatoms. The van der Waals surface area contributed by atoms with Crippen molar-refractivity contribution in [2.24, 2.45) is 5.92 Å². The molecule has 0 spiro atoms. The summed E-state index contributed by atoms with van der Waals surface area (Å²) in [7, 11) is 1.62. The lowest BCUT2D eigenvalue weighted by molar-refractivity contribution is -0.131. The van der Waals surface area contributed by atoms with Crippen LogP contribution in [-0.2, 0) is 9.53 Å². The summed E-state index contributed by atoms with van der Waals surface area (Å²) in [4.78, 5) is 13.6. The van der Waals surface area contributed by atoms with E-state index in [4.69, 9.17) is 4.74 Å². The van der Waals surface area contributed by atoms with Crippen LogP contribution in [0.2, 0.25) is 0 Å². The molecule has 1 unspecified atom stereocenters. The van der Waals surface area contributed by atoms with Gasteiger partial charge in [-0.2, -0.15) is 12.6 Å². The molecular weight excluding hydrogens is 210 g/mol. The fourth-order valence-electron chi connectivity index (χ4n) is 1.12. The van der Waals surface area contributed by atoms with Crippen LogP contribution in [0.1, 0.15) is 13.8 Å². The topological polar surface area (TPSA) is 29.5 Å². The van der Waals surface area contributed by atoms with Gasteiger partial charge >= 0.3 is 0 Å². The van der Waals surface area contributed by atoms with E-state index in [0.29, 0.717) is 19.7 Å². The SMILES string of the molecule is C=CCN(CCOC)C(=O)C(S)C(C)C. The summed E-state index contributed by atoms with van der Waals surface area (Å²) in [6.07, 6.45) is 1.72. The van der Waals surface area contributed by atoms with Gasteiger partial charge in [0.1, 0.15) is 0 Å². The maximum Gasteiger partial charge on any atom is 0.236 e. The Morgan fingerprint density at radius 3 is 2.60 bits per heavy atom. The van der Waals surface area contributed by atoms with Crippen LogP contribution in [-0.4, -0.2) is 42.9 Å². The van der Waals surface area contributed by atoms with Crippen molar-refractivity contribution in [2.75, 3.05) is 26.8 Å². The average Bonchev–Trinajstić information content (AvgIpc) is 2.22. The second kappa shape index (κ2) is 7.77. The van der Waals surface area contributed by atoms with Crippen molar-refractivity contribution in [1.82, 2.24) is 4.90 Å². The zero-order valence-corrected chi connectivity index (χ0v) is 10.7. The van der Waals surface area contributed by atoms with E-state index in [-0.39, 0.29) is 17.1 Å². The first-order valence-electron chi connectivity index (χ1n) is 5.11. The van der Waals surface area contributed by atoms with Crippen molar-refractivity contribution in [1.29, 1.82) is 0 Å². The second-order valence-electron chi connectivity index (χ2n) is 3.75. The van der Waals surface area contributed by atoms with Crippen LogP contribution in [0.15, 0.2) is 12.7 Å². The number of amides is 1. The van der Waals surface area contributed by atoms with Gasteiger partial charge in [0.2, 0.25) is 5.91 Å². The minimum Gasteiger partial charge on any atom is -0.383 e. The highest BCUT2D eigenvalue weighted by atomic mass is 32.1. The third-order valence-corrected chi connectivity index (χ3v) is 2.93. The average molecular weight is 231 g/mol. The molecule has 0 aliphatic heterocycles. The molecule has 0 radical (unpaired) electrons. The molecule has 0 rings (SSSR count). The van der Waals surface area contributed by atoms with Crippen LogP contribution >= 0.6 is 12.6 Å². The predicted molar refractivity (Wildman–Crippen MR) is 66.3 cm³/mol. The number of carbonyl (C=O) groups excluding carboxylic acids is 1. The van der Waals surface area contributed by atoms with Crippen LogP contribution in [0, 0.1) is 5.92 Å². The predicted octanol–water partition coefficient (Wildman–Crippen LogP) is 1.60. The summed E-state index contributed by atoms with van der Waals surface area (Å²) in [5, 5.41) is -0.248. The van der Waals surface area contributed by atoms with Gasteiger partial charge in [-0.05, 0) is 5.92 Å². The van der Waals surface area contributed by atoms with Crippen LogP contribution in [0.25, 0.3) is 0 Å². The van der Waals surface area contributed by atoms with Gasteiger partial charge in [-0.15, -0.1) is 6.58 Å². The van der Waals surface area contributed by atoms with E-state index in [2.05, 4.69) is 19.2 Å². The minimum atomic E-state index is -0.248. The molecule has 0 aromatic carbocycles. The Morgan fingerprint density at radius 1 is 1.60 bits per heavy atom. The smallest absolute Gasteiger partial charge is 0.236 e. The highest BCUT2D eigenvalue weighted by molar-refractivity contribution is 7.81. The normalized spacial score (nSPS) is 12.6. The third-order valence-electron chi connectivity index (χ3n) is 2.11. The maximum atomic E-state index is 11.9. The van der Waals surface area contributed by atoms with E-state index < -0.39 is 0 Å². The van der Waals surface area contributed by atoms with E-state index in [0.717, 1.165) is 0 Å². The molecule has 1 amide bonds. The van der Waals surface area contributed by atoms with E-state index in [1.165, 1.54) is 0 Å². The van der Waals surface area contributed by atoms with Crippen molar-refractivity contribution in [3.05, 3.63) is 12.7 Å². The number of methoxy groups -OCH3 is 1. The maximum absolute atomic E-state index is 11.9. The van der Waals surface area contributed by atoms with Crippen molar-refractivity contribution in [3.8, 4) is 0 Å². The molecule has 1 atom stereocenters. The lowest BCUT2D eigenvalue weighted by Gasteiger charge is -2.25. The summed E-state index contributed by atoms with van der Waals surface area (Å²) < 4.78 is 4.96. The summed E-state index contributed by atoms with van der Waals surface area (Å²) in [5.41, 5.74) is 0. The van der Waals surface area contributed by atoms with Gasteiger partial charge in [-0.3, -0.25) is 4.79 Å². The van der Waals surface area contributed by atoms with Gasteiger partial charge in [-0.25, -0.2) is 0 Å². The first-order valence-corrected chi connectivity index (χ1v) is 5.62. The van der Waals surface area contributed by atoms with Crippen LogP contribution in [0.4, 0.5) is 0 Å². The molecule has 0 saturated carbocycles. The van der Waals surface area contributed by atoms with E-state index in [9.17, 15) is 4.79 Å². The summed E-state index contributed by atoms with van der Waals surface area (Å²) in [6.45, 7) is 9.28. The molecule has 0 fully saturated rings. The Bertz CT molecular complexity index is 207. The molecule has 0 heterocycles. The monoisotopic (exact) mass is 231 g/mol. The van der Waals surface area contributed by atoms with Gasteiger partial charge in [0, 0.05) is 20.2 Å². The van der Waals surface area contributed by atoms with E-state index in [1.54, 1.807) is 18.1 Å². The second-order valence-corrected chi connectivity index (χ2v) is 4.31. The Balaban J connectivity index is 4.32. The Labute approximate surface area is 97.9 Å². The molecular formula is C11H21NO2S. The molecule has 0 aromatic heterocycles. The minimum absolute atomic E-state index is 0.0466. The Hall–Kier alpha value is -0.480. The van der Waals surface area contributed by atoms with Crippen LogP contribution in [0.3, 0.4) is 0 Å². The highest BCUT2D eigenvalue weighted by Gasteiger charge is 2.22. The number of nitrogens with zero attached hydrogens (tertiary/aromatic N) is 1. The molecule has 0 aliphatic carbocycles. The van der Waals surface area contributed by atoms with Crippen LogP contribution in [0.5, 0.6) is 0 Å². The molecule has 0 aromatic rings. The van der Waals surface area contributed by atoms with Crippen molar-refractivity contribution >= 4 is 18.5 Å². The zero-order chi connectivity index (χ0) is 11.8. The number of rotatable bonds is 7. The highest BCUT2D eigenvalue weighted by Crippen LogP contribution is 2.12. The quantitative estimate of drug-likeness (QED) is 0.533. The van der Waals surface area contributed by atoms with E-state index >= 15 is 0 Å². The van der Waals surface area contributed by atoms with Crippen molar-refractivity contribution < 1.29 is 9.53 Å². The molecule has 0 saturated heterocycles. The standard InChI is InChI=1S/C11H21NO2S/c1-5-6-12(7-8-14-4)11(13)10(15)9(2)3/h5,9-10,15H,1,6-8H2,2-4H3. The van der Waals surface area contributed by atoms with Crippen LogP contribution < -0.4 is 0 Å². The van der Waals surface area contributed by atoms with Gasteiger partial charge in [0.15, 0.2) is 0 Å². The number of carbonyl (C=O) groups is 1. The summed E-state index contributed by atoms with van der Waals surface area (Å²) in [6, 6.07) is 0. The molecule has 0 bridgehead atoms. The largest absolute Gasteiger partial charge is 0.383 e. The van der Waals surface area contributed by atoms with Crippen molar-refractivity contribution in [2.45, 2.75) is 19.1 Å². The fourth-order valence-corrected chi connectivity index (χ4v) is 1.28. The molecule has 0 aliphatic rings. The Kier molecular flexibility index (Phi) is 7.52. The van der Waals surface area contributed by atoms with E-state index in [1.807, 2.05) is 13.8 Å². The first kappa shape index (κ1) is 14.5. The van der Waals surface area contributed by atoms with Crippen molar-refractivity contribution in [3.63, 3.8) is 0 Å². The molecule has 15 heavy (non-hydrogen) atoms. The molecule has 88 valence electrons. The molecule has 3 nitrogen and oxygen atoms in total. The van der Waals surface area contributed by atoms with Gasteiger partial charge in [0.05, 0.1) is 11.9 Å². The molecule has 0 N–H and O–H groups in total. The fraction of sp³-hybridized carbons (Fsp3) is 0.727. The van der Waals surface area contributed by atoms with Gasteiger partial charge in [0.25, 0.3) is 0 Å². The zero-order valence-electron chi connectivity index (χ0n) is 9.77. The summed E-state index contributed by atoms with van der Waals surface area (Å²) >= 11 is 4.31. The summed E-state index contributed by atoms with van der Waals surface area (Å²) in [5.74, 6) is 0.279. The third kappa shape index (κ3) is 5.23. The van der Waals surface area contributed by atoms with Gasteiger partial charge in [-0.1, -0.05) is 19.9 Å². The van der Waals surface area contributed by atoms with Gasteiger partial charge < -0.3 is 9.64 Å². The number of hydrogen-bond acceptors (Lipinski definition) is 3. The number of thiol groups is 1. The lowest BCUT2D eigenvalue weighted by atomic mass is 10.1. The Morgan fingerprint density at radius 2 is 2.20 bits per heavy atom. The first-order chi connectivity index (χ1) is 7.04.